The van der Waals surface area contributed by atoms with E-state index in [1.54, 1.807) is 6.92 Å². The first kappa shape index (κ1) is 25.8. The predicted octanol–water partition coefficient (Wildman–Crippen LogP) is 7.55. The van der Waals surface area contributed by atoms with Crippen LogP contribution in [0.1, 0.15) is 99.3 Å². The molecule has 0 heterocycles. The fourth-order valence-corrected chi connectivity index (χ4v) is 2.60. The standard InChI is InChI=1S/C9H17.C6H11.C4H9N.C2H5.Nb/c1-3-9-6-4-5-8(2)7-9;1-2-4-6-5-3-1;1-4(2,3)5;1-2;/h7-9H,3-6H2,1-2H3;1H,2-6H2;1-3H3;1H2,2H3;/q2*-1;;-1;. The average molecular weight is 401 g/mol. The molecule has 0 spiro atoms. The van der Waals surface area contributed by atoms with E-state index >= 15 is 0 Å². The second-order valence-corrected chi connectivity index (χ2v) is 7.96. The quantitative estimate of drug-likeness (QED) is 0.318. The van der Waals surface area contributed by atoms with Crippen molar-refractivity contribution in [3.63, 3.8) is 0 Å². The molecule has 2 heteroatoms. The summed E-state index contributed by atoms with van der Waals surface area (Å²) in [6.07, 6.45) is 17.7. The molecule has 0 bridgehead atoms. The molecule has 2 rings (SSSR count). The van der Waals surface area contributed by atoms with Gasteiger partial charge in [0, 0.05) is 0 Å². The molecule has 2 saturated carbocycles. The van der Waals surface area contributed by atoms with Gasteiger partial charge in [-0.25, -0.2) is 0 Å². The van der Waals surface area contributed by atoms with Crippen molar-refractivity contribution in [1.82, 2.24) is 0 Å². The summed E-state index contributed by atoms with van der Waals surface area (Å²) >= 11 is 1.52. The molecule has 2 fully saturated rings. The van der Waals surface area contributed by atoms with Gasteiger partial charge >= 0.3 is 50.5 Å². The van der Waals surface area contributed by atoms with Gasteiger partial charge in [0.05, 0.1) is 0 Å². The topological polar surface area (TPSA) is 12.4 Å². The van der Waals surface area contributed by atoms with Gasteiger partial charge in [-0.1, -0.05) is 58.8 Å². The van der Waals surface area contributed by atoms with Crippen LogP contribution in [0.15, 0.2) is 3.34 Å². The van der Waals surface area contributed by atoms with Crippen molar-refractivity contribution in [2.75, 3.05) is 0 Å². The Morgan fingerprint density at radius 3 is 1.78 bits per heavy atom. The maximum Gasteiger partial charge on any atom is -0.0577 e. The van der Waals surface area contributed by atoms with Crippen LogP contribution in [-0.2, 0) is 20.9 Å². The van der Waals surface area contributed by atoms with Gasteiger partial charge in [0.2, 0.25) is 0 Å². The second-order valence-electron chi connectivity index (χ2n) is 7.47. The van der Waals surface area contributed by atoms with Crippen LogP contribution in [0.5, 0.6) is 0 Å². The van der Waals surface area contributed by atoms with Gasteiger partial charge in [-0.3, -0.25) is 0 Å². The number of nitrogens with zero attached hydrogens (tertiary/aromatic N) is 1. The van der Waals surface area contributed by atoms with E-state index in [4.69, 9.17) is 0 Å². The summed E-state index contributed by atoms with van der Waals surface area (Å²) in [6.45, 7) is 15.9. The summed E-state index contributed by atoms with van der Waals surface area (Å²) in [5.74, 6) is 1.83. The van der Waals surface area contributed by atoms with Crippen molar-refractivity contribution in [2.45, 2.75) is 105 Å². The largest absolute Gasteiger partial charge is 0.346 e. The van der Waals surface area contributed by atoms with Gasteiger partial charge in [-0.15, -0.1) is 0 Å². The average Bonchev–Trinajstić information content (AvgIpc) is 2.59. The van der Waals surface area contributed by atoms with E-state index in [-0.39, 0.29) is 5.54 Å². The molecule has 0 aromatic carbocycles. The first-order chi connectivity index (χ1) is 10.9. The van der Waals surface area contributed by atoms with E-state index in [9.17, 15) is 0 Å². The first-order valence-electron chi connectivity index (χ1n) is 9.62. The normalized spacial score (nSPS) is 23.7. The van der Waals surface area contributed by atoms with E-state index in [0.717, 1.165) is 11.8 Å². The van der Waals surface area contributed by atoms with E-state index in [1.807, 2.05) is 0 Å². The molecule has 0 N–H and O–H groups in total. The van der Waals surface area contributed by atoms with Crippen molar-refractivity contribution in [3.8, 4) is 0 Å². The minimum absolute atomic E-state index is 0.189. The van der Waals surface area contributed by atoms with Crippen LogP contribution < -0.4 is 0 Å². The van der Waals surface area contributed by atoms with E-state index < -0.39 is 0 Å². The zero-order chi connectivity index (χ0) is 18.1. The molecular weight excluding hydrogens is 359 g/mol. The third kappa shape index (κ3) is 20.5. The molecule has 0 radical (unpaired) electrons. The van der Waals surface area contributed by atoms with Crippen molar-refractivity contribution in [1.29, 1.82) is 0 Å². The molecule has 0 aliphatic heterocycles. The fourth-order valence-electron chi connectivity index (χ4n) is 2.60. The molecule has 1 nitrogen and oxygen atoms in total. The minimum Gasteiger partial charge on any atom is -0.346 e. The summed E-state index contributed by atoms with van der Waals surface area (Å²) in [7, 11) is 0. The van der Waals surface area contributed by atoms with Gasteiger partial charge in [-0.2, -0.15) is 31.6 Å². The Labute approximate surface area is 160 Å². The Hall–Kier alpha value is 0.540. The van der Waals surface area contributed by atoms with E-state index in [2.05, 4.69) is 57.7 Å². The third-order valence-corrected chi connectivity index (χ3v) is 5.45. The zero-order valence-electron chi connectivity index (χ0n) is 16.8. The smallest absolute Gasteiger partial charge is 0.0577 e. The van der Waals surface area contributed by atoms with Gasteiger partial charge in [0.15, 0.2) is 0 Å². The molecule has 0 aromatic rings. The zero-order valence-corrected chi connectivity index (χ0v) is 19.0. The molecule has 2 unspecified atom stereocenters. The number of hydrogen-bond donors (Lipinski definition) is 0. The summed E-state index contributed by atoms with van der Waals surface area (Å²) < 4.78 is 4.07. The van der Waals surface area contributed by atoms with Crippen LogP contribution in [0.2, 0.25) is 0 Å². The van der Waals surface area contributed by atoms with Gasteiger partial charge in [-0.05, 0) is 0 Å². The summed E-state index contributed by atoms with van der Waals surface area (Å²) in [5.41, 5.74) is 0.189. The monoisotopic (exact) mass is 401 g/mol. The van der Waals surface area contributed by atoms with Crippen molar-refractivity contribution in [2.24, 2.45) is 15.2 Å². The van der Waals surface area contributed by atoms with Gasteiger partial charge < -0.3 is 19.8 Å². The van der Waals surface area contributed by atoms with Crippen molar-refractivity contribution in [3.05, 3.63) is 19.8 Å². The Bertz CT molecular complexity index is 229. The maximum atomic E-state index is 4.07. The maximum absolute atomic E-state index is 4.07. The van der Waals surface area contributed by atoms with Crippen LogP contribution in [-0.4, -0.2) is 5.54 Å². The molecule has 2 aliphatic rings. The van der Waals surface area contributed by atoms with Crippen molar-refractivity contribution >= 4 is 0 Å². The molecule has 2 atom stereocenters. The molecular formula is C21H42NNb-3. The van der Waals surface area contributed by atoms with Crippen LogP contribution in [0.4, 0.5) is 0 Å². The first-order valence-corrected chi connectivity index (χ1v) is 10.6. The fraction of sp³-hybridized carbons (Fsp3) is 0.857. The summed E-state index contributed by atoms with van der Waals surface area (Å²) in [5, 5.41) is 0. The van der Waals surface area contributed by atoms with Crippen molar-refractivity contribution < 1.29 is 20.9 Å². The molecule has 0 aromatic heterocycles. The minimum atomic E-state index is 0.189. The molecule has 0 amide bonds. The van der Waals surface area contributed by atoms with E-state index in [1.165, 1.54) is 78.7 Å². The third-order valence-electron chi connectivity index (χ3n) is 3.98. The SMILES string of the molecule is CC(C)(C)[N]=[Nb].CCC1[CH-]C(C)CCC1.[CH-]1CCCCC1.[CH2-]C. The Morgan fingerprint density at radius 1 is 1.04 bits per heavy atom. The van der Waals surface area contributed by atoms with Crippen LogP contribution in [0.3, 0.4) is 0 Å². The summed E-state index contributed by atoms with van der Waals surface area (Å²) in [6, 6.07) is 0. The number of rotatable bonds is 1. The number of hydrogen-bond acceptors (Lipinski definition) is 1. The predicted molar refractivity (Wildman–Crippen MR) is 102 cm³/mol. The molecule has 2 aliphatic carbocycles. The van der Waals surface area contributed by atoms with Crippen LogP contribution in [0.25, 0.3) is 0 Å². The Kier molecular flexibility index (Phi) is 19.5. The van der Waals surface area contributed by atoms with Crippen LogP contribution >= 0.6 is 0 Å². The Morgan fingerprint density at radius 2 is 1.57 bits per heavy atom. The van der Waals surface area contributed by atoms with E-state index in [0.29, 0.717) is 0 Å². The second kappa shape index (κ2) is 17.4. The van der Waals surface area contributed by atoms with Gasteiger partial charge in [0.1, 0.15) is 0 Å². The molecule has 139 valence electrons. The molecule has 23 heavy (non-hydrogen) atoms. The summed E-state index contributed by atoms with van der Waals surface area (Å²) in [4.78, 5) is 0. The Balaban J connectivity index is 0. The van der Waals surface area contributed by atoms with Gasteiger partial charge in [0.25, 0.3) is 0 Å². The van der Waals surface area contributed by atoms with Crippen LogP contribution in [0, 0.1) is 31.6 Å². The molecule has 0 saturated heterocycles.